The van der Waals surface area contributed by atoms with Crippen molar-refractivity contribution >= 4 is 22.6 Å². The highest BCUT2D eigenvalue weighted by Crippen LogP contribution is 2.47. The van der Waals surface area contributed by atoms with E-state index in [0.717, 1.165) is 50.6 Å². The molecular formula is C33H37N5O7. The first-order valence-corrected chi connectivity index (χ1v) is 15.1. The number of hydrogen-bond donors (Lipinski definition) is 2. The van der Waals surface area contributed by atoms with E-state index in [9.17, 15) is 4.79 Å². The zero-order valence-electron chi connectivity index (χ0n) is 25.4. The Kier molecular flexibility index (Phi) is 9.61. The third-order valence-electron chi connectivity index (χ3n) is 7.59. The van der Waals surface area contributed by atoms with Gasteiger partial charge in [-0.2, -0.15) is 0 Å². The number of amides is 2. The molecule has 0 bridgehead atoms. The molecule has 1 atom stereocenters. The van der Waals surface area contributed by atoms with Gasteiger partial charge in [0.25, 0.3) is 0 Å². The molecule has 1 aromatic heterocycles. The third kappa shape index (κ3) is 7.47. The number of urea groups is 1. The van der Waals surface area contributed by atoms with Crippen LogP contribution in [0.5, 0.6) is 34.6 Å². The van der Waals surface area contributed by atoms with Gasteiger partial charge in [0.05, 0.1) is 38.5 Å². The van der Waals surface area contributed by atoms with Crippen molar-refractivity contribution in [2.75, 3.05) is 65.1 Å². The molecular weight excluding hydrogens is 578 g/mol. The number of carbonyl (C=O) groups is 1. The van der Waals surface area contributed by atoms with Crippen LogP contribution in [0.2, 0.25) is 0 Å². The first kappa shape index (κ1) is 30.2. The van der Waals surface area contributed by atoms with Crippen LogP contribution in [0.4, 0.5) is 10.5 Å². The minimum absolute atomic E-state index is 0.216. The fourth-order valence-corrected chi connectivity index (χ4v) is 5.24. The molecule has 4 aromatic rings. The molecule has 2 amide bonds. The molecule has 0 radical (unpaired) electrons. The van der Waals surface area contributed by atoms with Crippen molar-refractivity contribution in [3.05, 3.63) is 66.5 Å². The molecule has 1 saturated heterocycles. The highest BCUT2D eigenvalue weighted by Gasteiger charge is 2.25. The predicted octanol–water partition coefficient (Wildman–Crippen LogP) is 5.19. The molecule has 1 unspecified atom stereocenters. The zero-order valence-corrected chi connectivity index (χ0v) is 25.4. The van der Waals surface area contributed by atoms with Crippen LogP contribution in [-0.4, -0.2) is 80.7 Å². The summed E-state index contributed by atoms with van der Waals surface area (Å²) in [6, 6.07) is 15.9. The maximum Gasteiger partial charge on any atom is 0.319 e. The number of ether oxygens (including phenoxy) is 6. The maximum absolute atomic E-state index is 12.6. The van der Waals surface area contributed by atoms with E-state index >= 15 is 0 Å². The summed E-state index contributed by atoms with van der Waals surface area (Å²) >= 11 is 0. The Morgan fingerprint density at radius 3 is 2.58 bits per heavy atom. The summed E-state index contributed by atoms with van der Waals surface area (Å²) in [6.07, 6.45) is 2.32. The van der Waals surface area contributed by atoms with Crippen LogP contribution < -0.4 is 34.3 Å². The number of nitrogens with zero attached hydrogens (tertiary/aromatic N) is 3. The van der Waals surface area contributed by atoms with Crippen LogP contribution in [0.15, 0.2) is 60.9 Å². The van der Waals surface area contributed by atoms with E-state index in [4.69, 9.17) is 28.4 Å². The summed E-state index contributed by atoms with van der Waals surface area (Å²) in [7, 11) is 1.61. The smallest absolute Gasteiger partial charge is 0.319 e. The first-order valence-electron chi connectivity index (χ1n) is 15.1. The standard InChI is InChI=1S/C33H37N5O7/c1-22(23-5-3-6-26(19-23)40-2)36-33(39)37-24-7-9-25(10-8-24)45-32-29-27(34-21-35-32)20-28(30-31(29)44-18-17-43-30)42-14-4-11-38-12-15-41-16-13-38/h3,5-10,19-22H,4,11-18H2,1-2H3,(H2,36,37,39). The van der Waals surface area contributed by atoms with Crippen molar-refractivity contribution in [1.82, 2.24) is 20.2 Å². The number of methoxy groups -OCH3 is 1. The number of morpholine rings is 1. The van der Waals surface area contributed by atoms with Gasteiger partial charge in [0.15, 0.2) is 11.5 Å². The summed E-state index contributed by atoms with van der Waals surface area (Å²) in [6.45, 7) is 7.62. The summed E-state index contributed by atoms with van der Waals surface area (Å²) in [4.78, 5) is 23.9. The average Bonchev–Trinajstić information content (AvgIpc) is 3.08. The highest BCUT2D eigenvalue weighted by atomic mass is 16.6. The Balaban J connectivity index is 1.11. The molecule has 3 aromatic carbocycles. The second-order valence-electron chi connectivity index (χ2n) is 10.7. The molecule has 2 aliphatic heterocycles. The fraction of sp³-hybridized carbons (Fsp3) is 0.364. The van der Waals surface area contributed by atoms with Gasteiger partial charge in [-0.25, -0.2) is 14.8 Å². The van der Waals surface area contributed by atoms with Gasteiger partial charge in [-0.15, -0.1) is 0 Å². The Bertz CT molecular complexity index is 1610. The van der Waals surface area contributed by atoms with Crippen molar-refractivity contribution in [3.63, 3.8) is 0 Å². The molecule has 1 fully saturated rings. The zero-order chi connectivity index (χ0) is 31.0. The quantitative estimate of drug-likeness (QED) is 0.218. The topological polar surface area (TPSA) is 126 Å². The van der Waals surface area contributed by atoms with Crippen molar-refractivity contribution in [2.45, 2.75) is 19.4 Å². The van der Waals surface area contributed by atoms with Gasteiger partial charge in [-0.1, -0.05) is 12.1 Å². The van der Waals surface area contributed by atoms with Crippen LogP contribution in [0.25, 0.3) is 10.9 Å². The largest absolute Gasteiger partial charge is 0.497 e. The van der Waals surface area contributed by atoms with Crippen LogP contribution in [0, 0.1) is 0 Å². The van der Waals surface area contributed by atoms with Crippen LogP contribution in [0.1, 0.15) is 24.9 Å². The molecule has 0 saturated carbocycles. The number of hydrogen-bond acceptors (Lipinski definition) is 10. The van der Waals surface area contributed by atoms with Crippen LogP contribution >= 0.6 is 0 Å². The normalized spacial score (nSPS) is 15.2. The molecule has 3 heterocycles. The summed E-state index contributed by atoms with van der Waals surface area (Å²) in [5, 5.41) is 6.39. The van der Waals surface area contributed by atoms with E-state index in [1.807, 2.05) is 37.3 Å². The number of aromatic nitrogens is 2. The monoisotopic (exact) mass is 615 g/mol. The van der Waals surface area contributed by atoms with Gasteiger partial charge >= 0.3 is 6.03 Å². The molecule has 236 valence electrons. The average molecular weight is 616 g/mol. The van der Waals surface area contributed by atoms with Crippen LogP contribution in [0.3, 0.4) is 0 Å². The Hall–Kier alpha value is -4.81. The second kappa shape index (κ2) is 14.3. The Morgan fingerprint density at radius 2 is 1.78 bits per heavy atom. The van der Waals surface area contributed by atoms with Crippen molar-refractivity contribution < 1.29 is 33.2 Å². The third-order valence-corrected chi connectivity index (χ3v) is 7.59. The predicted molar refractivity (Wildman–Crippen MR) is 168 cm³/mol. The van der Waals surface area contributed by atoms with E-state index in [1.165, 1.54) is 6.33 Å². The van der Waals surface area contributed by atoms with Crippen molar-refractivity contribution in [1.29, 1.82) is 0 Å². The van der Waals surface area contributed by atoms with Gasteiger partial charge in [-0.05, 0) is 55.3 Å². The minimum Gasteiger partial charge on any atom is -0.497 e. The van der Waals surface area contributed by atoms with E-state index in [2.05, 4.69) is 25.5 Å². The summed E-state index contributed by atoms with van der Waals surface area (Å²) < 4.78 is 35.1. The van der Waals surface area contributed by atoms with Gasteiger partial charge in [-0.3, -0.25) is 4.90 Å². The molecule has 0 spiro atoms. The van der Waals surface area contributed by atoms with E-state index in [1.54, 1.807) is 31.4 Å². The Labute approximate surface area is 261 Å². The number of rotatable bonds is 11. The van der Waals surface area contributed by atoms with E-state index < -0.39 is 0 Å². The van der Waals surface area contributed by atoms with E-state index in [0.29, 0.717) is 65.3 Å². The SMILES string of the molecule is COc1cccc(C(C)NC(=O)Nc2ccc(Oc3ncnc4cc(OCCCN5CCOCC5)c5c(c34)OCCO5)cc2)c1. The molecule has 0 aliphatic carbocycles. The highest BCUT2D eigenvalue weighted by molar-refractivity contribution is 5.94. The molecule has 12 nitrogen and oxygen atoms in total. The van der Waals surface area contributed by atoms with Gasteiger partial charge in [0, 0.05) is 31.4 Å². The van der Waals surface area contributed by atoms with Gasteiger partial charge in [0.2, 0.25) is 11.6 Å². The lowest BCUT2D eigenvalue weighted by atomic mass is 10.1. The minimum atomic E-state index is -0.330. The maximum atomic E-state index is 12.6. The van der Waals surface area contributed by atoms with Gasteiger partial charge < -0.3 is 39.1 Å². The first-order chi connectivity index (χ1) is 22.1. The number of benzene rings is 3. The lowest BCUT2D eigenvalue weighted by Crippen LogP contribution is -2.37. The van der Waals surface area contributed by atoms with Crippen molar-refractivity contribution in [2.24, 2.45) is 0 Å². The molecule has 12 heteroatoms. The van der Waals surface area contributed by atoms with E-state index in [-0.39, 0.29) is 12.1 Å². The summed E-state index contributed by atoms with van der Waals surface area (Å²) in [5.41, 5.74) is 2.16. The second-order valence-corrected chi connectivity index (χ2v) is 10.7. The molecule has 6 rings (SSSR count). The molecule has 45 heavy (non-hydrogen) atoms. The number of carbonyl (C=O) groups excluding carboxylic acids is 1. The number of nitrogens with one attached hydrogen (secondary N) is 2. The number of anilines is 1. The lowest BCUT2D eigenvalue weighted by molar-refractivity contribution is 0.0357. The fourth-order valence-electron chi connectivity index (χ4n) is 5.24. The lowest BCUT2D eigenvalue weighted by Gasteiger charge is -2.26. The molecule has 2 N–H and O–H groups in total. The molecule has 2 aliphatic rings. The Morgan fingerprint density at radius 1 is 0.978 bits per heavy atom. The van der Waals surface area contributed by atoms with Crippen LogP contribution in [-0.2, 0) is 4.74 Å². The number of fused-ring (bicyclic) bond motifs is 3. The van der Waals surface area contributed by atoms with Crippen molar-refractivity contribution in [3.8, 4) is 34.6 Å². The summed E-state index contributed by atoms with van der Waals surface area (Å²) in [5.74, 6) is 3.19. The van der Waals surface area contributed by atoms with Gasteiger partial charge in [0.1, 0.15) is 36.4 Å².